The van der Waals surface area contributed by atoms with E-state index in [2.05, 4.69) is 5.32 Å². The number of nitrogens with zero attached hydrogens (tertiary/aromatic N) is 1. The number of hydrogen-bond donors (Lipinski definition) is 1. The number of carbonyl (C=O) groups is 2. The van der Waals surface area contributed by atoms with E-state index in [0.717, 1.165) is 4.88 Å². The summed E-state index contributed by atoms with van der Waals surface area (Å²) in [4.78, 5) is 27.4. The van der Waals surface area contributed by atoms with Gasteiger partial charge in [0.1, 0.15) is 5.82 Å². The van der Waals surface area contributed by atoms with Crippen LogP contribution >= 0.6 is 11.3 Å². The minimum atomic E-state index is -0.436. The van der Waals surface area contributed by atoms with Gasteiger partial charge < -0.3 is 10.2 Å². The number of rotatable bonds is 4. The fourth-order valence-corrected chi connectivity index (χ4v) is 3.56. The Bertz CT molecular complexity index is 710. The Balaban J connectivity index is 1.50. The zero-order valence-corrected chi connectivity index (χ0v) is 14.0. The van der Waals surface area contributed by atoms with Crippen molar-refractivity contribution >= 4 is 28.8 Å². The Morgan fingerprint density at radius 2 is 1.92 bits per heavy atom. The van der Waals surface area contributed by atoms with Crippen LogP contribution in [0.15, 0.2) is 41.8 Å². The van der Waals surface area contributed by atoms with E-state index in [1.807, 2.05) is 22.4 Å². The topological polar surface area (TPSA) is 49.4 Å². The van der Waals surface area contributed by atoms with Gasteiger partial charge in [0, 0.05) is 23.9 Å². The number of carbonyl (C=O) groups excluding carboxylic acids is 2. The van der Waals surface area contributed by atoms with Crippen molar-refractivity contribution in [2.45, 2.75) is 19.3 Å². The van der Waals surface area contributed by atoms with Gasteiger partial charge in [-0.25, -0.2) is 4.39 Å². The summed E-state index contributed by atoms with van der Waals surface area (Å²) in [5.41, 5.74) is 0.207. The largest absolute Gasteiger partial charge is 0.342 e. The molecule has 1 aromatic heterocycles. The van der Waals surface area contributed by atoms with E-state index >= 15 is 0 Å². The van der Waals surface area contributed by atoms with Crippen LogP contribution in [0.4, 0.5) is 10.1 Å². The average Bonchev–Trinajstić information content (AvgIpc) is 3.10. The lowest BCUT2D eigenvalue weighted by molar-refractivity contribution is -0.133. The van der Waals surface area contributed by atoms with Crippen LogP contribution in [0.25, 0.3) is 0 Å². The van der Waals surface area contributed by atoms with E-state index in [9.17, 15) is 14.0 Å². The summed E-state index contributed by atoms with van der Waals surface area (Å²) < 4.78 is 13.6. The molecule has 0 unspecified atom stereocenters. The summed E-state index contributed by atoms with van der Waals surface area (Å²) in [6.45, 7) is 1.14. The predicted octanol–water partition coefficient (Wildman–Crippen LogP) is 3.31. The molecule has 2 heterocycles. The molecule has 1 N–H and O–H groups in total. The number of thiophene rings is 1. The molecule has 126 valence electrons. The third-order valence-electron chi connectivity index (χ3n) is 4.26. The van der Waals surface area contributed by atoms with E-state index in [4.69, 9.17) is 0 Å². The molecule has 24 heavy (non-hydrogen) atoms. The lowest BCUT2D eigenvalue weighted by atomic mass is 9.95. The number of benzene rings is 1. The summed E-state index contributed by atoms with van der Waals surface area (Å²) in [5.74, 6) is -0.694. The number of halogens is 1. The molecule has 6 heteroatoms. The highest BCUT2D eigenvalue weighted by atomic mass is 32.1. The van der Waals surface area contributed by atoms with E-state index in [-0.39, 0.29) is 23.4 Å². The number of likely N-dealkylation sites (tertiary alicyclic amines) is 1. The SMILES string of the molecule is O=C(Nc1ccccc1F)C1CCN(C(=O)Cc2cccs2)CC1. The Hall–Kier alpha value is -2.21. The van der Waals surface area contributed by atoms with E-state index in [1.54, 1.807) is 29.5 Å². The minimum Gasteiger partial charge on any atom is -0.342 e. The van der Waals surface area contributed by atoms with Gasteiger partial charge >= 0.3 is 0 Å². The van der Waals surface area contributed by atoms with Gasteiger partial charge in [-0.3, -0.25) is 9.59 Å². The molecule has 2 aromatic rings. The van der Waals surface area contributed by atoms with E-state index < -0.39 is 5.82 Å². The Kier molecular flexibility index (Phi) is 5.25. The molecule has 4 nitrogen and oxygen atoms in total. The van der Waals surface area contributed by atoms with Gasteiger partial charge in [-0.15, -0.1) is 11.3 Å². The second-order valence-corrected chi connectivity index (χ2v) is 6.91. The highest BCUT2D eigenvalue weighted by Gasteiger charge is 2.27. The zero-order valence-electron chi connectivity index (χ0n) is 13.2. The smallest absolute Gasteiger partial charge is 0.227 e. The molecular formula is C18H19FN2O2S. The molecule has 1 aliphatic rings. The second-order valence-electron chi connectivity index (χ2n) is 5.88. The first kappa shape index (κ1) is 16.6. The maximum atomic E-state index is 13.6. The Morgan fingerprint density at radius 1 is 1.17 bits per heavy atom. The summed E-state index contributed by atoms with van der Waals surface area (Å²) >= 11 is 1.58. The Labute approximate surface area is 144 Å². The highest BCUT2D eigenvalue weighted by molar-refractivity contribution is 7.10. The summed E-state index contributed by atoms with van der Waals surface area (Å²) in [7, 11) is 0. The molecule has 0 atom stereocenters. The van der Waals surface area contributed by atoms with Crippen molar-refractivity contribution < 1.29 is 14.0 Å². The molecule has 1 fully saturated rings. The van der Waals surface area contributed by atoms with Crippen molar-refractivity contribution in [2.75, 3.05) is 18.4 Å². The first-order chi connectivity index (χ1) is 11.6. The number of nitrogens with one attached hydrogen (secondary N) is 1. The van der Waals surface area contributed by atoms with Gasteiger partial charge in [0.05, 0.1) is 12.1 Å². The van der Waals surface area contributed by atoms with Crippen LogP contribution in [0.2, 0.25) is 0 Å². The number of para-hydroxylation sites is 1. The Morgan fingerprint density at radius 3 is 2.58 bits per heavy atom. The van der Waals surface area contributed by atoms with Crippen molar-refractivity contribution in [1.29, 1.82) is 0 Å². The number of hydrogen-bond acceptors (Lipinski definition) is 3. The van der Waals surface area contributed by atoms with Crippen molar-refractivity contribution in [1.82, 2.24) is 4.90 Å². The van der Waals surface area contributed by atoms with Crippen molar-refractivity contribution in [3.05, 3.63) is 52.5 Å². The maximum absolute atomic E-state index is 13.6. The normalized spacial score (nSPS) is 15.3. The average molecular weight is 346 g/mol. The molecule has 0 spiro atoms. The fourth-order valence-electron chi connectivity index (χ4n) is 2.86. The highest BCUT2D eigenvalue weighted by Crippen LogP contribution is 2.22. The first-order valence-electron chi connectivity index (χ1n) is 7.99. The van der Waals surface area contributed by atoms with E-state index in [1.165, 1.54) is 6.07 Å². The molecule has 0 aliphatic carbocycles. The van der Waals surface area contributed by atoms with Crippen LogP contribution in [0, 0.1) is 11.7 Å². The minimum absolute atomic E-state index is 0.102. The van der Waals surface area contributed by atoms with Crippen LogP contribution in [-0.2, 0) is 16.0 Å². The van der Waals surface area contributed by atoms with Gasteiger partial charge in [0.25, 0.3) is 0 Å². The monoisotopic (exact) mass is 346 g/mol. The second kappa shape index (κ2) is 7.57. The molecule has 2 amide bonds. The molecule has 1 aliphatic heterocycles. The third kappa shape index (κ3) is 4.00. The van der Waals surface area contributed by atoms with Crippen LogP contribution < -0.4 is 5.32 Å². The molecule has 0 saturated carbocycles. The van der Waals surface area contributed by atoms with E-state index in [0.29, 0.717) is 32.4 Å². The first-order valence-corrected chi connectivity index (χ1v) is 8.87. The van der Waals surface area contributed by atoms with Crippen molar-refractivity contribution in [2.24, 2.45) is 5.92 Å². The summed E-state index contributed by atoms with van der Waals surface area (Å²) in [5, 5.41) is 4.60. The predicted molar refractivity (Wildman–Crippen MR) is 92.4 cm³/mol. The third-order valence-corrected chi connectivity index (χ3v) is 5.13. The van der Waals surface area contributed by atoms with Gasteiger partial charge in [0.15, 0.2) is 0 Å². The standard InChI is InChI=1S/C18H19FN2O2S/c19-15-5-1-2-6-16(15)20-18(23)13-7-9-21(10-8-13)17(22)12-14-4-3-11-24-14/h1-6,11,13H,7-10,12H2,(H,20,23). The van der Waals surface area contributed by atoms with Crippen LogP contribution in [0.1, 0.15) is 17.7 Å². The number of piperidine rings is 1. The summed E-state index contributed by atoms with van der Waals surface area (Å²) in [6.07, 6.45) is 1.64. The van der Waals surface area contributed by atoms with Gasteiger partial charge in [-0.05, 0) is 36.4 Å². The fraction of sp³-hybridized carbons (Fsp3) is 0.333. The van der Waals surface area contributed by atoms with Crippen molar-refractivity contribution in [3.8, 4) is 0 Å². The lowest BCUT2D eigenvalue weighted by Gasteiger charge is -2.31. The zero-order chi connectivity index (χ0) is 16.9. The lowest BCUT2D eigenvalue weighted by Crippen LogP contribution is -2.42. The molecule has 0 radical (unpaired) electrons. The number of amides is 2. The van der Waals surface area contributed by atoms with Gasteiger partial charge in [-0.2, -0.15) is 0 Å². The quantitative estimate of drug-likeness (QED) is 0.923. The van der Waals surface area contributed by atoms with Crippen LogP contribution in [-0.4, -0.2) is 29.8 Å². The van der Waals surface area contributed by atoms with Gasteiger partial charge in [0.2, 0.25) is 11.8 Å². The number of anilines is 1. The maximum Gasteiger partial charge on any atom is 0.227 e. The molecule has 1 saturated heterocycles. The van der Waals surface area contributed by atoms with Crippen molar-refractivity contribution in [3.63, 3.8) is 0 Å². The molecule has 1 aromatic carbocycles. The van der Waals surface area contributed by atoms with Gasteiger partial charge in [-0.1, -0.05) is 18.2 Å². The molecular weight excluding hydrogens is 327 g/mol. The summed E-state index contributed by atoms with van der Waals surface area (Å²) in [6, 6.07) is 10.0. The van der Waals surface area contributed by atoms with Crippen LogP contribution in [0.3, 0.4) is 0 Å². The molecule has 0 bridgehead atoms. The molecule has 3 rings (SSSR count). The van der Waals surface area contributed by atoms with Crippen LogP contribution in [0.5, 0.6) is 0 Å².